The van der Waals surface area contributed by atoms with Crippen LogP contribution in [0.3, 0.4) is 0 Å². The second kappa shape index (κ2) is 10.3. The maximum atomic E-state index is 13.8. The fourth-order valence-corrected chi connectivity index (χ4v) is 5.99. The first kappa shape index (κ1) is 24.7. The van der Waals surface area contributed by atoms with Crippen LogP contribution in [0.5, 0.6) is 0 Å². The highest BCUT2D eigenvalue weighted by atomic mass is 32.2. The van der Waals surface area contributed by atoms with Gasteiger partial charge in [-0.25, -0.2) is 24.9 Å². The summed E-state index contributed by atoms with van der Waals surface area (Å²) in [7, 11) is 0. The van der Waals surface area contributed by atoms with Crippen LogP contribution < -0.4 is 10.9 Å². The summed E-state index contributed by atoms with van der Waals surface area (Å²) >= 11 is 1.81. The minimum Gasteiger partial charge on any atom is -0.379 e. The predicted molar refractivity (Wildman–Crippen MR) is 151 cm³/mol. The molecule has 1 aliphatic heterocycles. The molecule has 2 saturated carbocycles. The van der Waals surface area contributed by atoms with E-state index in [-0.39, 0.29) is 11.6 Å². The molecule has 9 nitrogen and oxygen atoms in total. The van der Waals surface area contributed by atoms with Gasteiger partial charge in [0, 0.05) is 29.9 Å². The largest absolute Gasteiger partial charge is 0.379 e. The lowest BCUT2D eigenvalue weighted by Gasteiger charge is -2.18. The Bertz CT molecular complexity index is 1550. The number of nitrogens with one attached hydrogen (secondary N) is 1. The zero-order valence-electron chi connectivity index (χ0n) is 22.0. The van der Waals surface area contributed by atoms with Gasteiger partial charge in [0.1, 0.15) is 11.8 Å². The monoisotopic (exact) mass is 541 g/mol. The van der Waals surface area contributed by atoms with Crippen molar-refractivity contribution in [1.29, 1.82) is 0 Å². The molecule has 1 N–H and O–H groups in total. The van der Waals surface area contributed by atoms with Crippen LogP contribution in [0.25, 0.3) is 22.6 Å². The summed E-state index contributed by atoms with van der Waals surface area (Å²) < 4.78 is 7.45. The quantitative estimate of drug-likeness (QED) is 0.290. The minimum atomic E-state index is -0.185. The summed E-state index contributed by atoms with van der Waals surface area (Å²) in [4.78, 5) is 38.9. The van der Waals surface area contributed by atoms with Crippen molar-refractivity contribution in [2.75, 3.05) is 24.3 Å². The number of fused-ring (bicyclic) bond motifs is 1. The average Bonchev–Trinajstić information content (AvgIpc) is 3.91. The molecule has 0 amide bonds. The van der Waals surface area contributed by atoms with Gasteiger partial charge in [0.05, 0.1) is 35.8 Å². The number of ether oxygens (including phenoxy) is 1. The molecule has 3 fully saturated rings. The number of hydrogen-bond acceptors (Lipinski definition) is 9. The van der Waals surface area contributed by atoms with E-state index in [4.69, 9.17) is 19.7 Å². The molecule has 3 aromatic heterocycles. The van der Waals surface area contributed by atoms with Crippen molar-refractivity contribution >= 4 is 28.7 Å². The van der Waals surface area contributed by atoms with Gasteiger partial charge in [-0.2, -0.15) is 0 Å². The zero-order chi connectivity index (χ0) is 26.3. The van der Waals surface area contributed by atoms with E-state index in [2.05, 4.69) is 46.5 Å². The van der Waals surface area contributed by atoms with Crippen molar-refractivity contribution in [3.05, 3.63) is 64.1 Å². The molecule has 4 aromatic rings. The first-order chi connectivity index (χ1) is 19.2. The van der Waals surface area contributed by atoms with Crippen LogP contribution in [0.4, 0.5) is 5.82 Å². The Morgan fingerprint density at radius 2 is 1.74 bits per heavy atom. The standard InChI is InChI=1S/C29H31N7O2S/c1-2-39-21-9-3-17(4-10-21)13-30-27-29(37)36(20-11-12-38-15-20)28-22(34-27)14-31-26(35-28)23-24(18-5-6-18)32-16-33-25(23)19-7-8-19/h3-4,9-10,14,16,18-20H,2,5-8,11-13,15H2,1H3,(H,30,34). The second-order valence-corrected chi connectivity index (χ2v) is 11.9. The van der Waals surface area contributed by atoms with Crippen LogP contribution in [0.1, 0.15) is 73.9 Å². The predicted octanol–water partition coefficient (Wildman–Crippen LogP) is 5.08. The lowest BCUT2D eigenvalue weighted by Crippen LogP contribution is -2.30. The maximum Gasteiger partial charge on any atom is 0.295 e. The van der Waals surface area contributed by atoms with E-state index in [0.29, 0.717) is 54.4 Å². The third-order valence-corrected chi connectivity index (χ3v) is 8.55. The molecule has 0 spiro atoms. The Balaban J connectivity index is 1.29. The van der Waals surface area contributed by atoms with E-state index in [0.717, 1.165) is 60.4 Å². The molecule has 10 heteroatoms. The van der Waals surface area contributed by atoms with Crippen LogP contribution in [-0.2, 0) is 11.3 Å². The van der Waals surface area contributed by atoms with Crippen molar-refractivity contribution in [1.82, 2.24) is 29.5 Å². The Morgan fingerprint density at radius 3 is 2.38 bits per heavy atom. The van der Waals surface area contributed by atoms with Gasteiger partial charge in [-0.3, -0.25) is 9.36 Å². The van der Waals surface area contributed by atoms with Gasteiger partial charge in [-0.15, -0.1) is 11.8 Å². The van der Waals surface area contributed by atoms with E-state index in [1.165, 1.54) is 4.90 Å². The van der Waals surface area contributed by atoms with E-state index in [9.17, 15) is 4.79 Å². The molecule has 1 unspecified atom stereocenters. The van der Waals surface area contributed by atoms with Crippen molar-refractivity contribution in [2.24, 2.45) is 0 Å². The van der Waals surface area contributed by atoms with Crippen molar-refractivity contribution in [3.63, 3.8) is 0 Å². The smallest absolute Gasteiger partial charge is 0.295 e. The summed E-state index contributed by atoms with van der Waals surface area (Å²) in [5.41, 5.74) is 5.06. The second-order valence-electron chi connectivity index (χ2n) is 10.6. The molecule has 2 aliphatic carbocycles. The molecule has 7 rings (SSSR count). The van der Waals surface area contributed by atoms with Gasteiger partial charge in [-0.05, 0) is 55.6 Å². The first-order valence-corrected chi connectivity index (χ1v) is 14.9. The molecule has 3 aliphatic rings. The van der Waals surface area contributed by atoms with Crippen molar-refractivity contribution in [3.8, 4) is 11.4 Å². The number of benzene rings is 1. The summed E-state index contributed by atoms with van der Waals surface area (Å²) in [6.07, 6.45) is 8.69. The van der Waals surface area contributed by atoms with Crippen LogP contribution in [0.15, 0.2) is 46.5 Å². The van der Waals surface area contributed by atoms with Crippen molar-refractivity contribution in [2.45, 2.75) is 68.3 Å². The molecule has 1 atom stereocenters. The lowest BCUT2D eigenvalue weighted by atomic mass is 10.0. The Kier molecular flexibility index (Phi) is 6.52. The third-order valence-electron chi connectivity index (χ3n) is 7.65. The lowest BCUT2D eigenvalue weighted by molar-refractivity contribution is 0.186. The summed E-state index contributed by atoms with van der Waals surface area (Å²) in [5, 5.41) is 3.28. The number of aromatic nitrogens is 6. The molecule has 1 aromatic carbocycles. The Morgan fingerprint density at radius 1 is 1.00 bits per heavy atom. The third kappa shape index (κ3) is 4.91. The summed E-state index contributed by atoms with van der Waals surface area (Å²) in [6, 6.07) is 8.29. The van der Waals surface area contributed by atoms with Gasteiger partial charge in [0.25, 0.3) is 5.56 Å². The maximum absolute atomic E-state index is 13.8. The molecular weight excluding hydrogens is 510 g/mol. The normalized spacial score (nSPS) is 19.1. The van der Waals surface area contributed by atoms with E-state index >= 15 is 0 Å². The number of anilines is 1. The minimum absolute atomic E-state index is 0.102. The number of hydrogen-bond donors (Lipinski definition) is 1. The van der Waals surface area contributed by atoms with Gasteiger partial charge in [-0.1, -0.05) is 19.1 Å². The Hall–Kier alpha value is -3.37. The highest BCUT2D eigenvalue weighted by molar-refractivity contribution is 7.99. The fourth-order valence-electron chi connectivity index (χ4n) is 5.33. The topological polar surface area (TPSA) is 108 Å². The van der Waals surface area contributed by atoms with Crippen LogP contribution in [-0.4, -0.2) is 48.5 Å². The molecule has 200 valence electrons. The number of rotatable bonds is 9. The fraction of sp³-hybridized carbons (Fsp3) is 0.448. The van der Waals surface area contributed by atoms with Gasteiger partial charge in [0.15, 0.2) is 17.3 Å². The van der Waals surface area contributed by atoms with E-state index in [1.54, 1.807) is 17.1 Å². The molecule has 1 saturated heterocycles. The number of thioether (sulfide) groups is 1. The molecule has 39 heavy (non-hydrogen) atoms. The molecular formula is C29H31N7O2S. The van der Waals surface area contributed by atoms with Gasteiger partial charge < -0.3 is 10.1 Å². The van der Waals surface area contributed by atoms with Gasteiger partial charge >= 0.3 is 0 Å². The molecule has 0 bridgehead atoms. The molecule has 4 heterocycles. The van der Waals surface area contributed by atoms with Crippen LogP contribution in [0, 0.1) is 0 Å². The highest BCUT2D eigenvalue weighted by Crippen LogP contribution is 2.48. The van der Waals surface area contributed by atoms with Crippen LogP contribution in [0.2, 0.25) is 0 Å². The molecule has 0 radical (unpaired) electrons. The van der Waals surface area contributed by atoms with E-state index < -0.39 is 0 Å². The van der Waals surface area contributed by atoms with Gasteiger partial charge in [0.2, 0.25) is 0 Å². The zero-order valence-corrected chi connectivity index (χ0v) is 22.8. The average molecular weight is 542 g/mol. The first-order valence-electron chi connectivity index (χ1n) is 13.9. The van der Waals surface area contributed by atoms with E-state index in [1.807, 2.05) is 11.8 Å². The summed E-state index contributed by atoms with van der Waals surface area (Å²) in [5.74, 6) is 2.80. The number of nitrogens with zero attached hydrogens (tertiary/aromatic N) is 6. The highest BCUT2D eigenvalue weighted by Gasteiger charge is 2.36. The Labute approximate surface area is 230 Å². The van der Waals surface area contributed by atoms with Crippen molar-refractivity contribution < 1.29 is 4.74 Å². The summed E-state index contributed by atoms with van der Waals surface area (Å²) in [6.45, 7) is 3.74. The SMILES string of the molecule is CCSc1ccc(CNc2nc3cnc(-c4c(C5CC5)ncnc4C4CC4)nc3n(C3CCOC3)c2=O)cc1. The van der Waals surface area contributed by atoms with Crippen LogP contribution >= 0.6 is 11.8 Å².